The lowest BCUT2D eigenvalue weighted by Gasteiger charge is -2.27. The third kappa shape index (κ3) is 4.36. The van der Waals surface area contributed by atoms with Gasteiger partial charge in [-0.1, -0.05) is 24.8 Å². The summed E-state index contributed by atoms with van der Waals surface area (Å²) in [6.45, 7) is 7.53. The smallest absolute Gasteiger partial charge is 0.207 e. The molecule has 0 radical (unpaired) electrons. The molecule has 1 aliphatic heterocycles. The van der Waals surface area contributed by atoms with Gasteiger partial charge in [0, 0.05) is 17.5 Å². The molecule has 2 nitrogen and oxygen atoms in total. The van der Waals surface area contributed by atoms with Crippen molar-refractivity contribution in [2.24, 2.45) is 11.8 Å². The molecule has 0 spiro atoms. The van der Waals surface area contributed by atoms with Crippen LogP contribution in [0.3, 0.4) is 0 Å². The van der Waals surface area contributed by atoms with Gasteiger partial charge in [-0.3, -0.25) is 0 Å². The maximum Gasteiger partial charge on any atom is 0.207 e. The molecule has 0 unspecified atom stereocenters. The summed E-state index contributed by atoms with van der Waals surface area (Å²) in [5.41, 5.74) is 1.48. The molecule has 1 heterocycles. The zero-order valence-electron chi connectivity index (χ0n) is 17.6. The van der Waals surface area contributed by atoms with Crippen molar-refractivity contribution in [1.82, 2.24) is 0 Å². The van der Waals surface area contributed by atoms with E-state index in [0.717, 1.165) is 32.1 Å². The lowest BCUT2D eigenvalue weighted by atomic mass is 9.79. The Kier molecular flexibility index (Phi) is 6.40. The zero-order chi connectivity index (χ0) is 22.0. The molecule has 164 valence electrons. The van der Waals surface area contributed by atoms with Gasteiger partial charge in [0.2, 0.25) is 11.6 Å². The molecule has 0 N–H and O–H groups in total. The van der Waals surface area contributed by atoms with Gasteiger partial charge in [0.25, 0.3) is 0 Å². The molecule has 0 amide bonds. The SMILES string of the molecule is C=CCOc1ccc2c(c1F)Oc1c(cc(CCC3CCC(C=C)CC3)c(F)c1F)C2. The minimum Gasteiger partial charge on any atom is -0.486 e. The first kappa shape index (κ1) is 21.5. The first-order valence-electron chi connectivity index (χ1n) is 10.9. The average Bonchev–Trinajstić information content (AvgIpc) is 2.79. The second kappa shape index (κ2) is 9.21. The molecule has 2 aliphatic rings. The molecule has 1 aliphatic carbocycles. The Morgan fingerprint density at radius 1 is 0.968 bits per heavy atom. The quantitative estimate of drug-likeness (QED) is 0.368. The number of ether oxygens (including phenoxy) is 2. The van der Waals surface area contributed by atoms with Crippen LogP contribution in [-0.2, 0) is 12.8 Å². The third-order valence-corrected chi connectivity index (χ3v) is 6.45. The fourth-order valence-corrected chi connectivity index (χ4v) is 4.61. The van der Waals surface area contributed by atoms with Crippen LogP contribution in [0.4, 0.5) is 13.2 Å². The number of aryl methyl sites for hydroxylation is 1. The van der Waals surface area contributed by atoms with Crippen molar-refractivity contribution in [3.8, 4) is 17.2 Å². The number of halogens is 3. The van der Waals surface area contributed by atoms with Crippen molar-refractivity contribution in [3.63, 3.8) is 0 Å². The Labute approximate surface area is 181 Å². The first-order valence-corrected chi connectivity index (χ1v) is 10.9. The highest BCUT2D eigenvalue weighted by Gasteiger charge is 2.29. The summed E-state index contributed by atoms with van der Waals surface area (Å²) in [7, 11) is 0. The Hall–Kier alpha value is -2.69. The van der Waals surface area contributed by atoms with Crippen molar-refractivity contribution in [2.45, 2.75) is 44.9 Å². The normalized spacial score (nSPS) is 19.7. The van der Waals surface area contributed by atoms with E-state index in [1.807, 2.05) is 6.08 Å². The van der Waals surface area contributed by atoms with E-state index in [1.165, 1.54) is 12.1 Å². The van der Waals surface area contributed by atoms with Crippen LogP contribution < -0.4 is 9.47 Å². The van der Waals surface area contributed by atoms with Crippen LogP contribution in [-0.4, -0.2) is 6.61 Å². The van der Waals surface area contributed by atoms with Gasteiger partial charge in [0.05, 0.1) is 0 Å². The van der Waals surface area contributed by atoms with Gasteiger partial charge in [-0.25, -0.2) is 4.39 Å². The molecule has 31 heavy (non-hydrogen) atoms. The molecule has 0 saturated heterocycles. The molecule has 4 rings (SSSR count). The largest absolute Gasteiger partial charge is 0.486 e. The summed E-state index contributed by atoms with van der Waals surface area (Å²) >= 11 is 0. The predicted octanol–water partition coefficient (Wildman–Crippen LogP) is 7.29. The van der Waals surface area contributed by atoms with Crippen molar-refractivity contribution < 1.29 is 22.6 Å². The number of benzene rings is 2. The van der Waals surface area contributed by atoms with E-state index in [9.17, 15) is 13.2 Å². The van der Waals surface area contributed by atoms with Crippen molar-refractivity contribution in [2.75, 3.05) is 6.61 Å². The van der Waals surface area contributed by atoms with Gasteiger partial charge >= 0.3 is 0 Å². The summed E-state index contributed by atoms with van der Waals surface area (Å²) in [5, 5.41) is 0. The van der Waals surface area contributed by atoms with E-state index >= 15 is 0 Å². The molecule has 1 saturated carbocycles. The first-order chi connectivity index (χ1) is 15.0. The van der Waals surface area contributed by atoms with Gasteiger partial charge in [-0.15, -0.1) is 6.58 Å². The van der Waals surface area contributed by atoms with E-state index in [0.29, 0.717) is 34.9 Å². The van der Waals surface area contributed by atoms with Crippen LogP contribution in [0.2, 0.25) is 0 Å². The van der Waals surface area contributed by atoms with Crippen LogP contribution in [0.15, 0.2) is 43.5 Å². The molecular weight excluding hydrogens is 401 g/mol. The highest BCUT2D eigenvalue weighted by atomic mass is 19.2. The summed E-state index contributed by atoms with van der Waals surface area (Å²) in [6, 6.07) is 4.89. The van der Waals surface area contributed by atoms with Gasteiger partial charge < -0.3 is 9.47 Å². The van der Waals surface area contributed by atoms with Crippen LogP contribution in [0.25, 0.3) is 0 Å². The molecule has 0 atom stereocenters. The molecule has 0 aromatic heterocycles. The van der Waals surface area contributed by atoms with Gasteiger partial charge in [-0.05, 0) is 68.1 Å². The second-order valence-electron chi connectivity index (χ2n) is 8.45. The number of fused-ring (bicyclic) bond motifs is 2. The van der Waals surface area contributed by atoms with E-state index in [1.54, 1.807) is 12.1 Å². The van der Waals surface area contributed by atoms with Crippen LogP contribution in [0, 0.1) is 29.3 Å². The number of allylic oxidation sites excluding steroid dienone is 1. The Morgan fingerprint density at radius 2 is 1.71 bits per heavy atom. The van der Waals surface area contributed by atoms with E-state index in [4.69, 9.17) is 9.47 Å². The average molecular weight is 428 g/mol. The van der Waals surface area contributed by atoms with Crippen molar-refractivity contribution >= 4 is 0 Å². The van der Waals surface area contributed by atoms with Crippen LogP contribution in [0.1, 0.15) is 48.8 Å². The molecule has 2 aromatic carbocycles. The molecule has 5 heteroatoms. The molecule has 0 bridgehead atoms. The summed E-state index contributed by atoms with van der Waals surface area (Å²) < 4.78 is 55.2. The topological polar surface area (TPSA) is 18.5 Å². The van der Waals surface area contributed by atoms with Crippen LogP contribution in [0.5, 0.6) is 17.2 Å². The van der Waals surface area contributed by atoms with Gasteiger partial charge in [0.15, 0.2) is 23.1 Å². The fraction of sp³-hybridized carbons (Fsp3) is 0.385. The Bertz CT molecular complexity index is 991. The maximum atomic E-state index is 14.9. The highest BCUT2D eigenvalue weighted by molar-refractivity contribution is 5.54. The summed E-state index contributed by atoms with van der Waals surface area (Å²) in [4.78, 5) is 0. The Balaban J connectivity index is 1.52. The number of rotatable bonds is 7. The highest BCUT2D eigenvalue weighted by Crippen LogP contribution is 2.44. The van der Waals surface area contributed by atoms with E-state index < -0.39 is 17.5 Å². The number of hydrogen-bond donors (Lipinski definition) is 0. The molecule has 2 aromatic rings. The summed E-state index contributed by atoms with van der Waals surface area (Å²) in [5.74, 6) is -1.93. The minimum absolute atomic E-state index is 0.00854. The van der Waals surface area contributed by atoms with Crippen molar-refractivity contribution in [3.05, 3.63) is 77.7 Å². The van der Waals surface area contributed by atoms with Gasteiger partial charge in [-0.2, -0.15) is 8.78 Å². The predicted molar refractivity (Wildman–Crippen MR) is 115 cm³/mol. The fourth-order valence-electron chi connectivity index (χ4n) is 4.61. The second-order valence-corrected chi connectivity index (χ2v) is 8.45. The maximum absolute atomic E-state index is 14.9. The standard InChI is InChI=1S/C26H27F3O2/c1-3-13-30-21-12-11-19-15-20-14-18(10-9-17-7-5-16(4-2)6-8-17)22(27)24(29)26(20)31-25(19)23(21)28/h3-4,11-12,14,16-17H,1-2,5-10,13,15H2. The third-order valence-electron chi connectivity index (χ3n) is 6.45. The lowest BCUT2D eigenvalue weighted by molar-refractivity contribution is 0.295. The Morgan fingerprint density at radius 3 is 2.42 bits per heavy atom. The zero-order valence-corrected chi connectivity index (χ0v) is 17.6. The monoisotopic (exact) mass is 428 g/mol. The number of hydrogen-bond acceptors (Lipinski definition) is 2. The van der Waals surface area contributed by atoms with Crippen LogP contribution >= 0.6 is 0 Å². The van der Waals surface area contributed by atoms with Gasteiger partial charge in [0.1, 0.15) is 6.61 Å². The van der Waals surface area contributed by atoms with E-state index in [-0.39, 0.29) is 30.3 Å². The molecular formula is C26H27F3O2. The summed E-state index contributed by atoms with van der Waals surface area (Å²) in [6.07, 6.45) is 9.52. The van der Waals surface area contributed by atoms with Crippen molar-refractivity contribution in [1.29, 1.82) is 0 Å². The minimum atomic E-state index is -1.05. The lowest BCUT2D eigenvalue weighted by Crippen LogP contribution is -2.14. The van der Waals surface area contributed by atoms with E-state index in [2.05, 4.69) is 13.2 Å². The molecule has 1 fully saturated rings.